The lowest BCUT2D eigenvalue weighted by molar-refractivity contribution is -0.116. The third-order valence-corrected chi connectivity index (χ3v) is 20.9. The van der Waals surface area contributed by atoms with Gasteiger partial charge in [-0.25, -0.2) is 9.46 Å². The largest absolute Gasteiger partial charge is 0.497 e. The summed E-state index contributed by atoms with van der Waals surface area (Å²) in [5.74, 6) is 1.13. The van der Waals surface area contributed by atoms with Crippen LogP contribution in [0.2, 0.25) is 16.6 Å². The van der Waals surface area contributed by atoms with Crippen LogP contribution < -0.4 is 20.5 Å². The molecule has 15 nitrogen and oxygen atoms in total. The average Bonchev–Trinajstić information content (AvgIpc) is 3.64. The van der Waals surface area contributed by atoms with E-state index < -0.39 is 52.7 Å². The zero-order valence-corrected chi connectivity index (χ0v) is 44.8. The van der Waals surface area contributed by atoms with Gasteiger partial charge in [-0.2, -0.15) is 10.2 Å². The van der Waals surface area contributed by atoms with Crippen LogP contribution in [0.25, 0.3) is 0 Å². The second-order valence-corrected chi connectivity index (χ2v) is 25.7. The summed E-state index contributed by atoms with van der Waals surface area (Å²) < 4.78 is 57.2. The van der Waals surface area contributed by atoms with Gasteiger partial charge in [-0.3, -0.25) is 9.36 Å². The number of rotatable bonds is 25. The molecule has 17 heteroatoms. The maximum Gasteiger partial charge on any atom is 0.351 e. The minimum atomic E-state index is -2.48. The molecule has 0 spiro atoms. The molecule has 1 aromatic heterocycles. The van der Waals surface area contributed by atoms with Crippen molar-refractivity contribution in [2.45, 2.75) is 148 Å². The number of ether oxygens (including phenoxy) is 5. The molecule has 1 amide bonds. The molecule has 1 saturated heterocycles. The smallest absolute Gasteiger partial charge is 0.351 e. The van der Waals surface area contributed by atoms with Crippen molar-refractivity contribution in [2.24, 2.45) is 0 Å². The van der Waals surface area contributed by atoms with E-state index >= 15 is 0 Å². The van der Waals surface area contributed by atoms with Gasteiger partial charge in [0.05, 0.1) is 39.9 Å². The van der Waals surface area contributed by atoms with E-state index in [0.29, 0.717) is 17.1 Å². The molecule has 1 aliphatic rings. The highest BCUT2D eigenvalue weighted by molar-refractivity contribution is 7.44. The topological polar surface area (TPSA) is 165 Å². The van der Waals surface area contributed by atoms with E-state index in [1.807, 2.05) is 78.9 Å². The van der Waals surface area contributed by atoms with E-state index in [9.17, 15) is 14.9 Å². The highest BCUT2D eigenvalue weighted by atomic mass is 31.2. The Kier molecular flexibility index (Phi) is 20.1. The maximum atomic E-state index is 14.3. The fourth-order valence-corrected chi connectivity index (χ4v) is 16.8. The standard InChI is InChI=1S/C52H74N5O10PSi/c1-34(2)57(35(3)4)68(64-30-18-29-53)67-47-46(32-63-52(41-19-16-15-17-20-41,42-21-25-44(60-13)26-22-42)43-23-27-45(61-14)28-24-43)66-50(56-31-39(11)49(54-40(12)58)55-51(56)59)48(47)62-33-65-69(36(5)6,37(7)8)38(9)10/h15-17,19-28,31,34-38,46-48,50H,18,30,32-33H2,1-14H3,(H,54,55,58,59)/t46-,47-,48-,50-,68?/m1/s1. The molecular formula is C52H74N5O10PSi. The number of hydrogen-bond donors (Lipinski definition) is 1. The third kappa shape index (κ3) is 12.7. The lowest BCUT2D eigenvalue weighted by Gasteiger charge is -2.42. The van der Waals surface area contributed by atoms with Crippen molar-refractivity contribution in [2.75, 3.05) is 39.5 Å². The SMILES string of the molecule is COc1ccc(C(OC[C@H]2O[C@@H](n3cc(C)c(NC(C)=O)nc3=O)[C@H](OCO[Si](C(C)C)(C(C)C)C(C)C)[C@@H]2OP(OCCC#N)N(C(C)C)C(C)C)(c2ccccc2)c2ccc(OC)cc2)cc1. The molecule has 1 aliphatic heterocycles. The molecule has 376 valence electrons. The Balaban J connectivity index is 1.75. The molecular weight excluding hydrogens is 914 g/mol. The number of aryl methyl sites for hydroxylation is 1. The van der Waals surface area contributed by atoms with Gasteiger partial charge in [0, 0.05) is 30.8 Å². The summed E-state index contributed by atoms with van der Waals surface area (Å²) in [6.45, 7) is 24.6. The lowest BCUT2D eigenvalue weighted by Crippen LogP contribution is -2.49. The van der Waals surface area contributed by atoms with Gasteiger partial charge in [0.25, 0.3) is 8.53 Å². The summed E-state index contributed by atoms with van der Waals surface area (Å²) in [5, 5.41) is 12.3. The average molecular weight is 988 g/mol. The summed E-state index contributed by atoms with van der Waals surface area (Å²) in [5.41, 5.74) is 1.84. The van der Waals surface area contributed by atoms with Crippen molar-refractivity contribution >= 4 is 28.6 Å². The van der Waals surface area contributed by atoms with Crippen LogP contribution in [0.15, 0.2) is 89.9 Å². The first-order valence-electron chi connectivity index (χ1n) is 23.9. The molecule has 0 aliphatic carbocycles. The zero-order chi connectivity index (χ0) is 50.6. The van der Waals surface area contributed by atoms with E-state index in [1.165, 1.54) is 11.5 Å². The van der Waals surface area contributed by atoms with Crippen LogP contribution in [0.4, 0.5) is 5.82 Å². The van der Waals surface area contributed by atoms with Gasteiger partial charge in [0.2, 0.25) is 14.2 Å². The van der Waals surface area contributed by atoms with Crippen molar-refractivity contribution in [3.8, 4) is 17.6 Å². The van der Waals surface area contributed by atoms with Gasteiger partial charge in [0.1, 0.15) is 48.0 Å². The van der Waals surface area contributed by atoms with Crippen LogP contribution in [0.1, 0.15) is 111 Å². The van der Waals surface area contributed by atoms with E-state index in [1.54, 1.807) is 27.3 Å². The summed E-state index contributed by atoms with van der Waals surface area (Å²) in [7, 11) is -1.12. The van der Waals surface area contributed by atoms with Gasteiger partial charge < -0.3 is 42.5 Å². The van der Waals surface area contributed by atoms with Crippen LogP contribution in [0, 0.1) is 18.3 Å². The quantitative estimate of drug-likeness (QED) is 0.0219. The van der Waals surface area contributed by atoms with Gasteiger partial charge in [-0.15, -0.1) is 0 Å². The number of aromatic nitrogens is 2. The number of methoxy groups -OCH3 is 2. The molecule has 0 saturated carbocycles. The Morgan fingerprint density at radius 1 is 0.855 bits per heavy atom. The first-order chi connectivity index (χ1) is 32.8. The number of carbonyl (C=O) groups excluding carboxylic acids is 1. The molecule has 5 rings (SSSR count). The number of nitriles is 1. The van der Waals surface area contributed by atoms with Crippen LogP contribution in [0.5, 0.6) is 11.5 Å². The lowest BCUT2D eigenvalue weighted by atomic mass is 9.80. The number of nitrogens with one attached hydrogen (secondary N) is 1. The third-order valence-electron chi connectivity index (χ3n) is 12.8. The van der Waals surface area contributed by atoms with Crippen LogP contribution in [-0.4, -0.2) is 93.1 Å². The van der Waals surface area contributed by atoms with Crippen LogP contribution in [0.3, 0.4) is 0 Å². The Bertz CT molecular complexity index is 2270. The summed E-state index contributed by atoms with van der Waals surface area (Å²) in [6, 6.07) is 27.6. The maximum absolute atomic E-state index is 14.3. The second kappa shape index (κ2) is 25.0. The number of amides is 1. The molecule has 2 heterocycles. The molecule has 69 heavy (non-hydrogen) atoms. The first-order valence-corrected chi connectivity index (χ1v) is 27.1. The molecule has 0 radical (unpaired) electrons. The predicted molar refractivity (Wildman–Crippen MR) is 272 cm³/mol. The summed E-state index contributed by atoms with van der Waals surface area (Å²) >= 11 is 0. The van der Waals surface area contributed by atoms with Crippen molar-refractivity contribution in [3.05, 3.63) is 118 Å². The molecule has 1 N–H and O–H groups in total. The van der Waals surface area contributed by atoms with Crippen LogP contribution >= 0.6 is 8.53 Å². The molecule has 0 bridgehead atoms. The van der Waals surface area contributed by atoms with E-state index in [-0.39, 0.29) is 66.9 Å². The molecule has 4 aromatic rings. The number of anilines is 1. The van der Waals surface area contributed by atoms with Crippen molar-refractivity contribution in [3.63, 3.8) is 0 Å². The first kappa shape index (κ1) is 55.4. The highest BCUT2D eigenvalue weighted by Crippen LogP contribution is 2.52. The fraction of sp³-hybridized carbons (Fsp3) is 0.538. The zero-order valence-electron chi connectivity index (χ0n) is 42.9. The van der Waals surface area contributed by atoms with Crippen molar-refractivity contribution in [1.82, 2.24) is 14.2 Å². The number of nitrogens with zero attached hydrogens (tertiary/aromatic N) is 4. The molecule has 1 unspecified atom stereocenters. The minimum Gasteiger partial charge on any atom is -0.497 e. The number of benzene rings is 3. The van der Waals surface area contributed by atoms with E-state index in [4.69, 9.17) is 37.2 Å². The summed E-state index contributed by atoms with van der Waals surface area (Å²) in [4.78, 5) is 30.8. The van der Waals surface area contributed by atoms with Crippen molar-refractivity contribution < 1.29 is 42.0 Å². The van der Waals surface area contributed by atoms with E-state index in [0.717, 1.165) is 16.7 Å². The van der Waals surface area contributed by atoms with Gasteiger partial charge in [-0.05, 0) is 92.2 Å². The van der Waals surface area contributed by atoms with Crippen LogP contribution in [-0.2, 0) is 38.1 Å². The van der Waals surface area contributed by atoms with Gasteiger partial charge in [-0.1, -0.05) is 96.1 Å². The summed E-state index contributed by atoms with van der Waals surface area (Å²) in [6.07, 6.45) is -2.24. The monoisotopic (exact) mass is 987 g/mol. The Morgan fingerprint density at radius 2 is 1.39 bits per heavy atom. The molecule has 5 atom stereocenters. The Labute approximate surface area is 411 Å². The Hall–Kier alpha value is -4.53. The number of carbonyl (C=O) groups is 1. The molecule has 1 fully saturated rings. The van der Waals surface area contributed by atoms with Gasteiger partial charge >= 0.3 is 5.69 Å². The fourth-order valence-electron chi connectivity index (χ4n) is 9.81. The normalized spacial score (nSPS) is 18.1. The van der Waals surface area contributed by atoms with E-state index in [2.05, 4.69) is 90.3 Å². The highest BCUT2D eigenvalue weighted by Gasteiger charge is 2.53. The Morgan fingerprint density at radius 3 is 1.87 bits per heavy atom. The predicted octanol–water partition coefficient (Wildman–Crippen LogP) is 10.6. The van der Waals surface area contributed by atoms with Gasteiger partial charge in [0.15, 0.2) is 6.23 Å². The van der Waals surface area contributed by atoms with Crippen molar-refractivity contribution in [1.29, 1.82) is 5.26 Å². The minimum absolute atomic E-state index is 0.0323. The number of hydrogen-bond acceptors (Lipinski definition) is 13. The second-order valence-electron chi connectivity index (χ2n) is 18.9. The molecule has 3 aromatic carbocycles.